The monoisotopic (exact) mass is 583 g/mol. The Morgan fingerprint density at radius 1 is 0.907 bits per heavy atom. The molecule has 222 valence electrons. The van der Waals surface area contributed by atoms with Crippen molar-refractivity contribution in [2.75, 3.05) is 32.9 Å². The Labute approximate surface area is 249 Å². The highest BCUT2D eigenvalue weighted by atomic mass is 16.6. The number of carbonyl (C=O) groups excluding carboxylic acids is 3. The molecule has 1 aliphatic rings. The van der Waals surface area contributed by atoms with E-state index in [4.69, 9.17) is 19.2 Å². The van der Waals surface area contributed by atoms with Gasteiger partial charge in [0.25, 0.3) is 11.8 Å². The predicted molar refractivity (Wildman–Crippen MR) is 160 cm³/mol. The third kappa shape index (κ3) is 7.63. The smallest absolute Gasteiger partial charge is 0.426 e. The Bertz CT molecular complexity index is 1610. The zero-order valence-corrected chi connectivity index (χ0v) is 24.3. The second-order valence-corrected chi connectivity index (χ2v) is 10.9. The largest absolute Gasteiger partial charge is 0.484 e. The second kappa shape index (κ2) is 12.9. The van der Waals surface area contributed by atoms with Crippen molar-refractivity contribution in [3.05, 3.63) is 78.6 Å². The molecule has 11 nitrogen and oxygen atoms in total. The van der Waals surface area contributed by atoms with Gasteiger partial charge in [-0.15, -0.1) is 0 Å². The Morgan fingerprint density at radius 3 is 2.23 bits per heavy atom. The Morgan fingerprint density at radius 2 is 1.56 bits per heavy atom. The standard InChI is InChI=1S/C32H33N5O6/c1-32(2,3)43-31(40)36-35-30(39)25-18-28(34-27-12-13-33-19-26(25)27)23-6-4-21(5-7-23)22-8-10-24(11-9-22)42-20-29(38)37-14-16-41-17-15-37/h4-13,18-19H,14-17,20H2,1-3H3,(H,35,39)(H,36,40). The number of aromatic nitrogens is 2. The molecule has 2 aromatic carbocycles. The van der Waals surface area contributed by atoms with Gasteiger partial charge in [0.15, 0.2) is 6.61 Å². The summed E-state index contributed by atoms with van der Waals surface area (Å²) in [6.07, 6.45) is 2.40. The predicted octanol–water partition coefficient (Wildman–Crippen LogP) is 4.37. The SMILES string of the molecule is CC(C)(C)OC(=O)NNC(=O)c1cc(-c2ccc(-c3ccc(OCC(=O)N4CCOCC4)cc3)cc2)nc2ccncc12. The van der Waals surface area contributed by atoms with Crippen LogP contribution in [0.2, 0.25) is 0 Å². The third-order valence-corrected chi connectivity index (χ3v) is 6.63. The molecule has 1 fully saturated rings. The molecule has 0 bridgehead atoms. The fraction of sp³-hybridized carbons (Fsp3) is 0.281. The topological polar surface area (TPSA) is 132 Å². The minimum absolute atomic E-state index is 0.0139. The molecule has 4 aromatic rings. The third-order valence-electron chi connectivity index (χ3n) is 6.63. The molecule has 43 heavy (non-hydrogen) atoms. The number of fused-ring (bicyclic) bond motifs is 1. The highest BCUT2D eigenvalue weighted by Crippen LogP contribution is 2.28. The maximum atomic E-state index is 13.1. The van der Waals surface area contributed by atoms with Crippen molar-refractivity contribution in [2.24, 2.45) is 0 Å². The van der Waals surface area contributed by atoms with Gasteiger partial charge in [0.05, 0.1) is 30.0 Å². The first kappa shape index (κ1) is 29.5. The second-order valence-electron chi connectivity index (χ2n) is 10.9. The lowest BCUT2D eigenvalue weighted by atomic mass is 10.0. The first-order valence-electron chi connectivity index (χ1n) is 13.9. The van der Waals surface area contributed by atoms with Gasteiger partial charge in [-0.3, -0.25) is 20.0 Å². The molecule has 0 aliphatic carbocycles. The van der Waals surface area contributed by atoms with Gasteiger partial charge in [-0.1, -0.05) is 36.4 Å². The molecule has 0 saturated carbocycles. The van der Waals surface area contributed by atoms with E-state index in [1.807, 2.05) is 48.5 Å². The highest BCUT2D eigenvalue weighted by molar-refractivity contribution is 6.07. The van der Waals surface area contributed by atoms with Gasteiger partial charge in [0, 0.05) is 36.4 Å². The fourth-order valence-corrected chi connectivity index (χ4v) is 4.51. The van der Waals surface area contributed by atoms with Gasteiger partial charge in [0.2, 0.25) is 0 Å². The maximum Gasteiger partial charge on any atom is 0.426 e. The molecule has 0 unspecified atom stereocenters. The van der Waals surface area contributed by atoms with Crippen molar-refractivity contribution in [2.45, 2.75) is 26.4 Å². The van der Waals surface area contributed by atoms with E-state index in [-0.39, 0.29) is 12.5 Å². The number of amides is 3. The van der Waals surface area contributed by atoms with Gasteiger partial charge in [-0.2, -0.15) is 0 Å². The first-order valence-corrected chi connectivity index (χ1v) is 13.9. The number of hydrogen-bond donors (Lipinski definition) is 2. The zero-order chi connectivity index (χ0) is 30.4. The van der Waals surface area contributed by atoms with Crippen LogP contribution in [0, 0.1) is 0 Å². The highest BCUT2D eigenvalue weighted by Gasteiger charge is 2.19. The normalized spacial score (nSPS) is 13.3. The number of nitrogens with zero attached hydrogens (tertiary/aromatic N) is 3. The average Bonchev–Trinajstić information content (AvgIpc) is 3.02. The van der Waals surface area contributed by atoms with Gasteiger partial charge in [0.1, 0.15) is 11.4 Å². The van der Waals surface area contributed by atoms with E-state index in [0.29, 0.717) is 54.2 Å². The van der Waals surface area contributed by atoms with Crippen LogP contribution < -0.4 is 15.6 Å². The van der Waals surface area contributed by atoms with Crippen molar-refractivity contribution >= 4 is 28.8 Å². The van der Waals surface area contributed by atoms with E-state index >= 15 is 0 Å². The Hall–Kier alpha value is -5.03. The molecule has 3 heterocycles. The van der Waals surface area contributed by atoms with Crippen molar-refractivity contribution in [1.29, 1.82) is 0 Å². The molecule has 1 aliphatic heterocycles. The number of pyridine rings is 2. The summed E-state index contributed by atoms with van der Waals surface area (Å²) in [5, 5.41) is 0.542. The number of hydrazine groups is 1. The lowest BCUT2D eigenvalue weighted by Gasteiger charge is -2.26. The van der Waals surface area contributed by atoms with E-state index < -0.39 is 17.6 Å². The summed E-state index contributed by atoms with van der Waals surface area (Å²) in [5.74, 6) is 0.0309. The van der Waals surface area contributed by atoms with Crippen LogP contribution in [0.25, 0.3) is 33.3 Å². The Balaban J connectivity index is 1.28. The Kier molecular flexibility index (Phi) is 8.82. The van der Waals surface area contributed by atoms with Crippen molar-refractivity contribution in [1.82, 2.24) is 25.7 Å². The molecule has 11 heteroatoms. The summed E-state index contributed by atoms with van der Waals surface area (Å²) in [6, 6.07) is 18.7. The molecule has 3 amide bonds. The molecule has 2 N–H and O–H groups in total. The summed E-state index contributed by atoms with van der Waals surface area (Å²) < 4.78 is 16.2. The summed E-state index contributed by atoms with van der Waals surface area (Å²) in [7, 11) is 0. The minimum Gasteiger partial charge on any atom is -0.484 e. The van der Waals surface area contributed by atoms with E-state index in [1.54, 1.807) is 50.2 Å². The van der Waals surface area contributed by atoms with E-state index in [9.17, 15) is 14.4 Å². The van der Waals surface area contributed by atoms with Crippen LogP contribution in [0.5, 0.6) is 5.75 Å². The summed E-state index contributed by atoms with van der Waals surface area (Å²) >= 11 is 0. The summed E-state index contributed by atoms with van der Waals surface area (Å²) in [4.78, 5) is 48.0. The number of nitrogens with one attached hydrogen (secondary N) is 2. The van der Waals surface area contributed by atoms with E-state index in [1.165, 1.54) is 0 Å². The van der Waals surface area contributed by atoms with Crippen LogP contribution in [-0.2, 0) is 14.3 Å². The number of benzene rings is 2. The van der Waals surface area contributed by atoms with Gasteiger partial charge in [-0.05, 0) is 56.2 Å². The molecule has 5 rings (SSSR count). The summed E-state index contributed by atoms with van der Waals surface area (Å²) in [5.41, 5.74) is 8.21. The zero-order valence-electron chi connectivity index (χ0n) is 24.3. The number of rotatable bonds is 6. The first-order chi connectivity index (χ1) is 20.7. The van der Waals surface area contributed by atoms with Crippen LogP contribution >= 0.6 is 0 Å². The van der Waals surface area contributed by atoms with Crippen LogP contribution in [0.1, 0.15) is 31.1 Å². The molecule has 0 radical (unpaired) electrons. The van der Waals surface area contributed by atoms with Gasteiger partial charge in [-0.25, -0.2) is 15.2 Å². The number of carbonyl (C=O) groups is 3. The van der Waals surface area contributed by atoms with E-state index in [0.717, 1.165) is 16.7 Å². The quantitative estimate of drug-likeness (QED) is 0.320. The lowest BCUT2D eigenvalue weighted by molar-refractivity contribution is -0.137. The molecular formula is C32H33N5O6. The number of hydrogen-bond acceptors (Lipinski definition) is 8. The molecule has 1 saturated heterocycles. The molecule has 0 spiro atoms. The van der Waals surface area contributed by atoms with Crippen LogP contribution in [0.4, 0.5) is 4.79 Å². The van der Waals surface area contributed by atoms with Crippen molar-refractivity contribution in [3.63, 3.8) is 0 Å². The fourth-order valence-electron chi connectivity index (χ4n) is 4.51. The molecule has 2 aromatic heterocycles. The average molecular weight is 584 g/mol. The van der Waals surface area contributed by atoms with Gasteiger partial charge >= 0.3 is 6.09 Å². The van der Waals surface area contributed by atoms with Gasteiger partial charge < -0.3 is 19.1 Å². The van der Waals surface area contributed by atoms with Crippen LogP contribution in [0.3, 0.4) is 0 Å². The van der Waals surface area contributed by atoms with Crippen molar-refractivity contribution in [3.8, 4) is 28.1 Å². The minimum atomic E-state index is -0.769. The lowest BCUT2D eigenvalue weighted by Crippen LogP contribution is -2.44. The van der Waals surface area contributed by atoms with Crippen molar-refractivity contribution < 1.29 is 28.6 Å². The maximum absolute atomic E-state index is 13.1. The molecule has 0 atom stereocenters. The summed E-state index contributed by atoms with van der Waals surface area (Å²) in [6.45, 7) is 7.46. The number of ether oxygens (including phenoxy) is 3. The number of morpholine rings is 1. The van der Waals surface area contributed by atoms with Crippen LogP contribution in [-0.4, -0.2) is 71.3 Å². The molecular weight excluding hydrogens is 550 g/mol. The van der Waals surface area contributed by atoms with E-state index in [2.05, 4.69) is 15.8 Å². The van der Waals surface area contributed by atoms with Crippen LogP contribution in [0.15, 0.2) is 73.1 Å².